The number of aryl methyl sites for hydroxylation is 1. The van der Waals surface area contributed by atoms with Gasteiger partial charge in [-0.05, 0) is 37.8 Å². The molecule has 1 aromatic carbocycles. The Morgan fingerprint density at radius 3 is 2.44 bits per heavy atom. The summed E-state index contributed by atoms with van der Waals surface area (Å²) >= 11 is 0. The average Bonchev–Trinajstić information content (AvgIpc) is 2.84. The molecule has 1 aliphatic heterocycles. The van der Waals surface area contributed by atoms with Crippen molar-refractivity contribution in [2.45, 2.75) is 52.7 Å². The number of aromatic nitrogens is 4. The summed E-state index contributed by atoms with van der Waals surface area (Å²) in [5.74, 6) is 1.39. The number of hydrogen-bond acceptors (Lipinski definition) is 8. The van der Waals surface area contributed by atoms with Gasteiger partial charge in [0.1, 0.15) is 11.3 Å². The molecule has 0 radical (unpaired) electrons. The van der Waals surface area contributed by atoms with Gasteiger partial charge in [0.2, 0.25) is 5.95 Å². The van der Waals surface area contributed by atoms with Crippen molar-refractivity contribution in [1.29, 1.82) is 0 Å². The summed E-state index contributed by atoms with van der Waals surface area (Å²) in [6, 6.07) is 6.23. The average molecular weight is 469 g/mol. The van der Waals surface area contributed by atoms with Gasteiger partial charge in [0.15, 0.2) is 0 Å². The van der Waals surface area contributed by atoms with E-state index in [1.807, 2.05) is 12.1 Å². The number of fused-ring (bicyclic) bond motifs is 1. The van der Waals surface area contributed by atoms with Crippen molar-refractivity contribution >= 4 is 22.7 Å². The van der Waals surface area contributed by atoms with Crippen LogP contribution in [0.5, 0.6) is 5.75 Å². The summed E-state index contributed by atoms with van der Waals surface area (Å²) in [6.45, 7) is 3.07. The van der Waals surface area contributed by atoms with E-state index in [0.29, 0.717) is 25.2 Å². The van der Waals surface area contributed by atoms with E-state index in [0.717, 1.165) is 61.2 Å². The predicted octanol–water partition coefficient (Wildman–Crippen LogP) is 3.63. The standard InChI is InChI=1S/C23H28N6O3.2CH4/c1-28-21(30)15-26-19-13-17(29-9-11-31-12-10-29)14-20(22(19)28)32-18-5-3-16(4-6-18)27-23-24-7-2-8-25-23;;/h2,7-8,13-16,18H,3-6,9-12H2,1H3,(H,24,25,27);2*1H4. The maximum Gasteiger partial charge on any atom is 0.269 e. The van der Waals surface area contributed by atoms with Crippen LogP contribution in [0, 0.1) is 0 Å². The van der Waals surface area contributed by atoms with Crippen molar-refractivity contribution in [2.75, 3.05) is 36.5 Å². The molecule has 9 nitrogen and oxygen atoms in total. The lowest BCUT2D eigenvalue weighted by atomic mass is 9.93. The molecule has 1 saturated carbocycles. The number of benzene rings is 1. The zero-order valence-corrected chi connectivity index (χ0v) is 18.2. The molecule has 9 heteroatoms. The molecular weight excluding hydrogens is 432 g/mol. The van der Waals surface area contributed by atoms with E-state index in [9.17, 15) is 4.79 Å². The summed E-state index contributed by atoms with van der Waals surface area (Å²) in [4.78, 5) is 27.5. The molecule has 0 amide bonds. The van der Waals surface area contributed by atoms with Crippen LogP contribution in [0.25, 0.3) is 11.0 Å². The van der Waals surface area contributed by atoms with Gasteiger partial charge in [-0.2, -0.15) is 0 Å². The van der Waals surface area contributed by atoms with Crippen molar-refractivity contribution in [3.63, 3.8) is 0 Å². The molecule has 0 bridgehead atoms. The molecule has 3 heterocycles. The second-order valence-corrected chi connectivity index (χ2v) is 8.37. The molecule has 1 aliphatic carbocycles. The first-order chi connectivity index (χ1) is 15.7. The molecule has 5 rings (SSSR count). The van der Waals surface area contributed by atoms with Crippen LogP contribution in [0.15, 0.2) is 41.6 Å². The van der Waals surface area contributed by atoms with E-state index in [1.54, 1.807) is 24.0 Å². The Hall–Kier alpha value is -3.20. The first kappa shape index (κ1) is 25.4. The van der Waals surface area contributed by atoms with E-state index < -0.39 is 0 Å². The minimum Gasteiger partial charge on any atom is -0.488 e. The molecule has 3 aromatic rings. The SMILES string of the molecule is C.C.Cn1c(=O)cnc2cc(N3CCOCC3)cc(OC3CCC(Nc4ncccn4)CC3)c21. The van der Waals surface area contributed by atoms with Crippen LogP contribution in [-0.4, -0.2) is 58.0 Å². The van der Waals surface area contributed by atoms with Crippen molar-refractivity contribution in [2.24, 2.45) is 7.05 Å². The monoisotopic (exact) mass is 468 g/mol. The first-order valence-electron chi connectivity index (χ1n) is 11.2. The summed E-state index contributed by atoms with van der Waals surface area (Å²) in [7, 11) is 1.77. The highest BCUT2D eigenvalue weighted by molar-refractivity contribution is 5.85. The maximum absolute atomic E-state index is 12.3. The fraction of sp³-hybridized carbons (Fsp3) is 0.520. The van der Waals surface area contributed by atoms with E-state index in [-0.39, 0.29) is 26.5 Å². The van der Waals surface area contributed by atoms with Crippen LogP contribution in [0.3, 0.4) is 0 Å². The van der Waals surface area contributed by atoms with Crippen molar-refractivity contribution in [3.8, 4) is 5.75 Å². The summed E-state index contributed by atoms with van der Waals surface area (Å²) < 4.78 is 13.6. The molecule has 1 N–H and O–H groups in total. The molecule has 184 valence electrons. The Morgan fingerprint density at radius 2 is 1.74 bits per heavy atom. The highest BCUT2D eigenvalue weighted by Crippen LogP contribution is 2.33. The van der Waals surface area contributed by atoms with Crippen LogP contribution >= 0.6 is 0 Å². The minimum atomic E-state index is -0.141. The molecule has 2 aliphatic rings. The minimum absolute atomic E-state index is 0. The van der Waals surface area contributed by atoms with Crippen LogP contribution in [0.4, 0.5) is 11.6 Å². The summed E-state index contributed by atoms with van der Waals surface area (Å²) in [5.41, 5.74) is 2.42. The molecule has 2 aromatic heterocycles. The van der Waals surface area contributed by atoms with Crippen molar-refractivity contribution < 1.29 is 9.47 Å². The normalized spacial score (nSPS) is 20.2. The molecule has 0 spiro atoms. The van der Waals surface area contributed by atoms with Gasteiger partial charge in [-0.1, -0.05) is 14.9 Å². The largest absolute Gasteiger partial charge is 0.488 e. The van der Waals surface area contributed by atoms with Crippen molar-refractivity contribution in [1.82, 2.24) is 19.5 Å². The quantitative estimate of drug-likeness (QED) is 0.607. The van der Waals surface area contributed by atoms with E-state index in [1.165, 1.54) is 6.20 Å². The Kier molecular flexibility index (Phi) is 8.44. The van der Waals surface area contributed by atoms with Gasteiger partial charge in [0, 0.05) is 50.3 Å². The predicted molar refractivity (Wildman–Crippen MR) is 136 cm³/mol. The number of morpholine rings is 1. The Labute approximate surface area is 201 Å². The van der Waals surface area contributed by atoms with Gasteiger partial charge in [-0.25, -0.2) is 15.0 Å². The van der Waals surface area contributed by atoms with Crippen LogP contribution in [0.1, 0.15) is 40.5 Å². The van der Waals surface area contributed by atoms with Crippen LogP contribution in [-0.2, 0) is 11.8 Å². The smallest absolute Gasteiger partial charge is 0.269 e. The number of nitrogens with zero attached hydrogens (tertiary/aromatic N) is 5. The van der Waals surface area contributed by atoms with Crippen molar-refractivity contribution in [3.05, 3.63) is 47.1 Å². The maximum atomic E-state index is 12.3. The molecule has 1 saturated heterocycles. The highest BCUT2D eigenvalue weighted by atomic mass is 16.5. The van der Waals surface area contributed by atoms with Crippen LogP contribution < -0.4 is 20.5 Å². The fourth-order valence-corrected chi connectivity index (χ4v) is 4.49. The number of anilines is 2. The van der Waals surface area contributed by atoms with Crippen LogP contribution in [0.2, 0.25) is 0 Å². The number of hydrogen-bond donors (Lipinski definition) is 1. The molecule has 0 unspecified atom stereocenters. The van der Waals surface area contributed by atoms with Gasteiger partial charge in [0.25, 0.3) is 5.56 Å². The Bertz CT molecular complexity index is 1120. The van der Waals surface area contributed by atoms with Gasteiger partial charge in [0.05, 0.1) is 31.0 Å². The van der Waals surface area contributed by atoms with E-state index in [4.69, 9.17) is 9.47 Å². The molecule has 0 atom stereocenters. The zero-order chi connectivity index (χ0) is 21.9. The Balaban J connectivity index is 0.00000162. The highest BCUT2D eigenvalue weighted by Gasteiger charge is 2.25. The molecule has 34 heavy (non-hydrogen) atoms. The molecule has 2 fully saturated rings. The van der Waals surface area contributed by atoms with E-state index >= 15 is 0 Å². The van der Waals surface area contributed by atoms with Gasteiger partial charge >= 0.3 is 0 Å². The van der Waals surface area contributed by atoms with E-state index in [2.05, 4.69) is 31.2 Å². The third-order valence-electron chi connectivity index (χ3n) is 6.26. The second-order valence-electron chi connectivity index (χ2n) is 8.37. The van der Waals surface area contributed by atoms with Gasteiger partial charge in [-0.3, -0.25) is 4.79 Å². The zero-order valence-electron chi connectivity index (χ0n) is 18.2. The summed E-state index contributed by atoms with van der Waals surface area (Å²) in [5, 5.41) is 3.41. The fourth-order valence-electron chi connectivity index (χ4n) is 4.49. The van der Waals surface area contributed by atoms with Gasteiger partial charge < -0.3 is 24.3 Å². The lowest BCUT2D eigenvalue weighted by molar-refractivity contribution is 0.122. The number of nitrogens with one attached hydrogen (secondary N) is 1. The third kappa shape index (κ3) is 5.47. The lowest BCUT2D eigenvalue weighted by Crippen LogP contribution is -2.36. The number of ether oxygens (including phenoxy) is 2. The second kappa shape index (κ2) is 11.3. The lowest BCUT2D eigenvalue weighted by Gasteiger charge is -2.31. The summed E-state index contributed by atoms with van der Waals surface area (Å²) in [6.07, 6.45) is 8.73. The first-order valence-corrected chi connectivity index (χ1v) is 11.2. The number of rotatable bonds is 5. The van der Waals surface area contributed by atoms with Gasteiger partial charge in [-0.15, -0.1) is 0 Å². The Morgan fingerprint density at radius 1 is 1.03 bits per heavy atom. The third-order valence-corrected chi connectivity index (χ3v) is 6.26. The molecular formula is C25H36N6O3. The topological polar surface area (TPSA) is 94.4 Å².